The fourth-order valence-corrected chi connectivity index (χ4v) is 0.762. The summed E-state index contributed by atoms with van der Waals surface area (Å²) in [5.41, 5.74) is 0. The molecule has 4 heteroatoms. The van der Waals surface area contributed by atoms with Crippen LogP contribution in [0.3, 0.4) is 0 Å². The van der Waals surface area contributed by atoms with Crippen LogP contribution in [0.25, 0.3) is 0 Å². The smallest absolute Gasteiger partial charge is 0.308 e. The molecular weight excluding hydrogens is 158 g/mol. The van der Waals surface area contributed by atoms with Crippen LogP contribution in [0, 0.1) is 5.92 Å². The molecule has 68 valence electrons. The van der Waals surface area contributed by atoms with Gasteiger partial charge in [-0.05, 0) is 0 Å². The highest BCUT2D eigenvalue weighted by Gasteiger charge is 2.15. The van der Waals surface area contributed by atoms with Gasteiger partial charge in [-0.3, -0.25) is 4.79 Å². The molecule has 12 heavy (non-hydrogen) atoms. The van der Waals surface area contributed by atoms with Gasteiger partial charge in [-0.15, -0.1) is 0 Å². The van der Waals surface area contributed by atoms with Gasteiger partial charge in [0.2, 0.25) is 0 Å². The third kappa shape index (κ3) is 2.53. The quantitative estimate of drug-likeness (QED) is 0.584. The molecule has 1 aliphatic heterocycles. The van der Waals surface area contributed by atoms with Crippen LogP contribution in [-0.2, 0) is 14.3 Å². The second-order valence-corrected chi connectivity index (χ2v) is 3.03. The predicted octanol–water partition coefficient (Wildman–Crippen LogP) is 0.613. The van der Waals surface area contributed by atoms with Crippen LogP contribution in [0.4, 0.5) is 0 Å². The Hall–Kier alpha value is -1.06. The molecule has 0 aromatic heterocycles. The number of esters is 1. The van der Waals surface area contributed by atoms with Gasteiger partial charge in [0.15, 0.2) is 6.40 Å². The Morgan fingerprint density at radius 2 is 2.58 bits per heavy atom. The number of nitrogens with zero attached hydrogens (tertiary/aromatic N) is 1. The lowest BCUT2D eigenvalue weighted by Crippen LogP contribution is -2.20. The van der Waals surface area contributed by atoms with Crippen molar-refractivity contribution < 1.29 is 14.3 Å². The Morgan fingerprint density at radius 1 is 1.83 bits per heavy atom. The Morgan fingerprint density at radius 3 is 3.08 bits per heavy atom. The Bertz CT molecular complexity index is 189. The average Bonchev–Trinajstić information content (AvgIpc) is 2.51. The molecule has 0 bridgehead atoms. The SMILES string of the molecule is CC(C)C(=O)OCC1COC=N1. The van der Waals surface area contributed by atoms with E-state index in [0.29, 0.717) is 13.2 Å². The van der Waals surface area contributed by atoms with E-state index in [-0.39, 0.29) is 17.9 Å². The number of rotatable bonds is 3. The van der Waals surface area contributed by atoms with Gasteiger partial charge in [-0.25, -0.2) is 4.99 Å². The lowest BCUT2D eigenvalue weighted by molar-refractivity contribution is -0.147. The summed E-state index contributed by atoms with van der Waals surface area (Å²) in [5.74, 6) is -0.256. The van der Waals surface area contributed by atoms with Crippen molar-refractivity contribution in [1.29, 1.82) is 0 Å². The van der Waals surface area contributed by atoms with E-state index in [1.165, 1.54) is 6.40 Å². The molecule has 1 aliphatic rings. The monoisotopic (exact) mass is 171 g/mol. The van der Waals surface area contributed by atoms with Crippen molar-refractivity contribution in [2.45, 2.75) is 19.9 Å². The molecule has 1 rings (SSSR count). The van der Waals surface area contributed by atoms with E-state index in [2.05, 4.69) is 4.99 Å². The first-order valence-corrected chi connectivity index (χ1v) is 4.00. The van der Waals surface area contributed by atoms with E-state index in [1.807, 2.05) is 0 Å². The van der Waals surface area contributed by atoms with Gasteiger partial charge in [0.1, 0.15) is 19.3 Å². The minimum atomic E-state index is -0.183. The standard InChI is InChI=1S/C8H13NO3/c1-6(2)8(10)12-4-7-3-11-5-9-7/h5-7H,3-4H2,1-2H3. The molecule has 1 atom stereocenters. The molecule has 0 saturated heterocycles. The molecule has 1 unspecified atom stereocenters. The number of ether oxygens (including phenoxy) is 2. The lowest BCUT2D eigenvalue weighted by Gasteiger charge is -2.08. The third-order valence-electron chi connectivity index (χ3n) is 1.52. The Kier molecular flexibility index (Phi) is 3.08. The number of hydrogen-bond acceptors (Lipinski definition) is 4. The maximum atomic E-state index is 11.0. The highest BCUT2D eigenvalue weighted by Crippen LogP contribution is 2.02. The second kappa shape index (κ2) is 4.09. The zero-order valence-electron chi connectivity index (χ0n) is 7.32. The molecule has 0 aliphatic carbocycles. The van der Waals surface area contributed by atoms with Crippen molar-refractivity contribution in [3.05, 3.63) is 0 Å². The highest BCUT2D eigenvalue weighted by atomic mass is 16.5. The first-order chi connectivity index (χ1) is 5.70. The van der Waals surface area contributed by atoms with Crippen LogP contribution >= 0.6 is 0 Å². The summed E-state index contributed by atoms with van der Waals surface area (Å²) in [6, 6.07) is -0.00676. The van der Waals surface area contributed by atoms with E-state index < -0.39 is 0 Å². The fraction of sp³-hybridized carbons (Fsp3) is 0.750. The van der Waals surface area contributed by atoms with Gasteiger partial charge in [0.25, 0.3) is 0 Å². The minimum absolute atomic E-state index is 0.00676. The summed E-state index contributed by atoms with van der Waals surface area (Å²) < 4.78 is 9.82. The molecule has 0 radical (unpaired) electrons. The van der Waals surface area contributed by atoms with Crippen molar-refractivity contribution in [2.75, 3.05) is 13.2 Å². The fourth-order valence-electron chi connectivity index (χ4n) is 0.762. The van der Waals surface area contributed by atoms with Crippen LogP contribution in [-0.4, -0.2) is 31.6 Å². The van der Waals surface area contributed by atoms with Crippen LogP contribution in [0.1, 0.15) is 13.8 Å². The van der Waals surface area contributed by atoms with E-state index in [0.717, 1.165) is 0 Å². The summed E-state index contributed by atoms with van der Waals surface area (Å²) in [6.45, 7) is 4.45. The average molecular weight is 171 g/mol. The van der Waals surface area contributed by atoms with Crippen LogP contribution in [0.5, 0.6) is 0 Å². The van der Waals surface area contributed by atoms with E-state index in [4.69, 9.17) is 9.47 Å². The first kappa shape index (κ1) is 9.03. The number of carbonyl (C=O) groups is 1. The summed E-state index contributed by atoms with van der Waals surface area (Å²) in [6.07, 6.45) is 1.40. The molecule has 0 amide bonds. The van der Waals surface area contributed by atoms with Crippen LogP contribution < -0.4 is 0 Å². The third-order valence-corrected chi connectivity index (χ3v) is 1.52. The molecule has 4 nitrogen and oxygen atoms in total. The lowest BCUT2D eigenvalue weighted by atomic mass is 10.2. The molecule has 0 spiro atoms. The summed E-state index contributed by atoms with van der Waals surface area (Å²) in [4.78, 5) is 14.9. The number of carbonyl (C=O) groups excluding carboxylic acids is 1. The minimum Gasteiger partial charge on any atom is -0.481 e. The van der Waals surface area contributed by atoms with Gasteiger partial charge in [0.05, 0.1) is 5.92 Å². The maximum Gasteiger partial charge on any atom is 0.308 e. The molecule has 0 aromatic rings. The predicted molar refractivity (Wildman–Crippen MR) is 44.0 cm³/mol. The molecule has 0 fully saturated rings. The highest BCUT2D eigenvalue weighted by molar-refractivity contribution is 5.71. The largest absolute Gasteiger partial charge is 0.481 e. The van der Waals surface area contributed by atoms with Crippen molar-refractivity contribution in [1.82, 2.24) is 0 Å². The van der Waals surface area contributed by atoms with Gasteiger partial charge in [-0.1, -0.05) is 13.8 Å². The molecule has 0 saturated carbocycles. The maximum absolute atomic E-state index is 11.0. The van der Waals surface area contributed by atoms with E-state index in [1.54, 1.807) is 13.8 Å². The zero-order valence-corrected chi connectivity index (χ0v) is 7.32. The summed E-state index contributed by atoms with van der Waals surface area (Å²) in [5, 5.41) is 0. The first-order valence-electron chi connectivity index (χ1n) is 4.00. The molecule has 0 aromatic carbocycles. The topological polar surface area (TPSA) is 47.9 Å². The van der Waals surface area contributed by atoms with E-state index >= 15 is 0 Å². The van der Waals surface area contributed by atoms with Crippen molar-refractivity contribution in [3.8, 4) is 0 Å². The Balaban J connectivity index is 2.16. The van der Waals surface area contributed by atoms with Gasteiger partial charge in [-0.2, -0.15) is 0 Å². The number of hydrogen-bond donors (Lipinski definition) is 0. The molecule has 1 heterocycles. The zero-order chi connectivity index (χ0) is 8.97. The summed E-state index contributed by atoms with van der Waals surface area (Å²) >= 11 is 0. The van der Waals surface area contributed by atoms with Crippen molar-refractivity contribution in [2.24, 2.45) is 10.9 Å². The van der Waals surface area contributed by atoms with Crippen molar-refractivity contribution in [3.63, 3.8) is 0 Å². The van der Waals surface area contributed by atoms with E-state index in [9.17, 15) is 4.79 Å². The normalized spacial score (nSPS) is 21.1. The van der Waals surface area contributed by atoms with Crippen LogP contribution in [0.2, 0.25) is 0 Å². The second-order valence-electron chi connectivity index (χ2n) is 3.03. The van der Waals surface area contributed by atoms with Gasteiger partial charge < -0.3 is 9.47 Å². The van der Waals surface area contributed by atoms with Crippen LogP contribution in [0.15, 0.2) is 4.99 Å². The Labute approximate surface area is 71.6 Å². The summed E-state index contributed by atoms with van der Waals surface area (Å²) in [7, 11) is 0. The number of aliphatic imine (C=N–C) groups is 1. The van der Waals surface area contributed by atoms with Gasteiger partial charge in [0, 0.05) is 0 Å². The molecule has 0 N–H and O–H groups in total. The van der Waals surface area contributed by atoms with Crippen molar-refractivity contribution >= 4 is 12.4 Å². The molecular formula is C8H13NO3. The van der Waals surface area contributed by atoms with Gasteiger partial charge >= 0.3 is 5.97 Å².